The predicted octanol–water partition coefficient (Wildman–Crippen LogP) is 1.74. The Kier molecular flexibility index (Phi) is 4.95. The van der Waals surface area contributed by atoms with E-state index in [-0.39, 0.29) is 17.2 Å². The molecule has 3 rings (SSSR count). The van der Waals surface area contributed by atoms with Crippen LogP contribution in [0.2, 0.25) is 0 Å². The minimum atomic E-state index is -0.459. The molecular formula is C16H12BFN4OS. The highest BCUT2D eigenvalue weighted by Crippen LogP contribution is 2.18. The number of rotatable bonds is 5. The summed E-state index contributed by atoms with van der Waals surface area (Å²) < 4.78 is 13.5. The van der Waals surface area contributed by atoms with Crippen LogP contribution < -0.4 is 10.9 Å². The average molecular weight is 338 g/mol. The molecule has 1 aromatic heterocycles. The van der Waals surface area contributed by atoms with Crippen LogP contribution in [0.1, 0.15) is 5.56 Å². The Bertz CT molecular complexity index is 879. The van der Waals surface area contributed by atoms with Gasteiger partial charge in [-0.2, -0.15) is 5.10 Å². The van der Waals surface area contributed by atoms with Crippen molar-refractivity contribution in [3.8, 4) is 0 Å². The quantitative estimate of drug-likeness (QED) is 0.322. The molecule has 0 bridgehead atoms. The Morgan fingerprint density at radius 2 is 2.21 bits per heavy atom. The molecule has 0 saturated heterocycles. The molecule has 2 N–H and O–H groups in total. The van der Waals surface area contributed by atoms with Crippen molar-refractivity contribution in [2.24, 2.45) is 5.10 Å². The van der Waals surface area contributed by atoms with Gasteiger partial charge in [0, 0.05) is 5.56 Å². The molecule has 0 aliphatic carbocycles. The van der Waals surface area contributed by atoms with Gasteiger partial charge in [-0.1, -0.05) is 41.5 Å². The maximum atomic E-state index is 13.5. The third-order valence-corrected chi connectivity index (χ3v) is 3.99. The number of fused-ring (bicyclic) bond motifs is 1. The van der Waals surface area contributed by atoms with E-state index in [1.54, 1.807) is 0 Å². The van der Waals surface area contributed by atoms with E-state index in [0.29, 0.717) is 10.6 Å². The number of carbonyl (C=O) groups excluding carboxylic acids is 1. The van der Waals surface area contributed by atoms with E-state index in [9.17, 15) is 9.18 Å². The summed E-state index contributed by atoms with van der Waals surface area (Å²) in [7, 11) is 5.57. The summed E-state index contributed by atoms with van der Waals surface area (Å²) in [5, 5.41) is 4.38. The Morgan fingerprint density at radius 1 is 1.38 bits per heavy atom. The number of benzene rings is 2. The molecule has 3 aromatic rings. The van der Waals surface area contributed by atoms with E-state index in [2.05, 4.69) is 20.5 Å². The lowest BCUT2D eigenvalue weighted by atomic mass is 9.94. The smallest absolute Gasteiger partial charge is 0.250 e. The number of imidazole rings is 1. The fraction of sp³-hybridized carbons (Fsp3) is 0.0625. The van der Waals surface area contributed by atoms with Crippen molar-refractivity contribution in [1.29, 1.82) is 0 Å². The van der Waals surface area contributed by atoms with Crippen molar-refractivity contribution < 1.29 is 9.18 Å². The standard InChI is InChI=1S/C16H12BFN4OS/c17-11-5-6-12(18)10(7-11)8-19-22-15(23)9-24-16-20-13-3-1-2-4-14(13)21-16/h1-8H,9H2,(H,20,21)(H,22,23)/b19-8+. The number of aromatic nitrogens is 2. The Hall–Kier alpha value is -2.61. The number of nitrogens with one attached hydrogen (secondary N) is 2. The van der Waals surface area contributed by atoms with E-state index in [0.717, 1.165) is 11.0 Å². The molecule has 0 atom stereocenters. The third kappa shape index (κ3) is 4.02. The molecule has 24 heavy (non-hydrogen) atoms. The highest BCUT2D eigenvalue weighted by molar-refractivity contribution is 7.99. The number of hydrazone groups is 1. The zero-order chi connectivity index (χ0) is 16.9. The van der Waals surface area contributed by atoms with E-state index in [1.165, 1.54) is 36.2 Å². The van der Waals surface area contributed by atoms with Crippen LogP contribution in [0.15, 0.2) is 52.7 Å². The molecule has 0 aliphatic rings. The first-order chi connectivity index (χ1) is 11.6. The summed E-state index contributed by atoms with van der Waals surface area (Å²) in [4.78, 5) is 19.2. The molecule has 0 aliphatic heterocycles. The fourth-order valence-corrected chi connectivity index (χ4v) is 2.68. The van der Waals surface area contributed by atoms with Gasteiger partial charge in [0.25, 0.3) is 5.91 Å². The van der Waals surface area contributed by atoms with Crippen LogP contribution in [0.25, 0.3) is 11.0 Å². The second-order valence-electron chi connectivity index (χ2n) is 4.92. The summed E-state index contributed by atoms with van der Waals surface area (Å²) in [6.45, 7) is 0. The lowest BCUT2D eigenvalue weighted by Crippen LogP contribution is -2.20. The summed E-state index contributed by atoms with van der Waals surface area (Å²) in [6.07, 6.45) is 1.22. The van der Waals surface area contributed by atoms with Crippen LogP contribution >= 0.6 is 11.8 Å². The van der Waals surface area contributed by atoms with Gasteiger partial charge in [-0.05, 0) is 18.2 Å². The van der Waals surface area contributed by atoms with Gasteiger partial charge in [-0.15, -0.1) is 0 Å². The molecule has 8 heteroatoms. The predicted molar refractivity (Wildman–Crippen MR) is 94.3 cm³/mol. The van der Waals surface area contributed by atoms with Gasteiger partial charge >= 0.3 is 0 Å². The van der Waals surface area contributed by atoms with Crippen molar-refractivity contribution >= 4 is 48.2 Å². The number of nitrogens with zero attached hydrogens (tertiary/aromatic N) is 2. The van der Waals surface area contributed by atoms with Gasteiger partial charge in [-0.25, -0.2) is 14.8 Å². The van der Waals surface area contributed by atoms with Crippen LogP contribution in [-0.2, 0) is 4.79 Å². The Morgan fingerprint density at radius 3 is 3.04 bits per heavy atom. The average Bonchev–Trinajstić information content (AvgIpc) is 2.99. The highest BCUT2D eigenvalue weighted by atomic mass is 32.2. The number of hydrogen-bond acceptors (Lipinski definition) is 4. The summed E-state index contributed by atoms with van der Waals surface area (Å²) in [5.74, 6) is -0.642. The lowest BCUT2D eigenvalue weighted by molar-refractivity contribution is -0.118. The van der Waals surface area contributed by atoms with Crippen molar-refractivity contribution in [3.63, 3.8) is 0 Å². The van der Waals surface area contributed by atoms with Crippen LogP contribution in [0, 0.1) is 5.82 Å². The van der Waals surface area contributed by atoms with Gasteiger partial charge < -0.3 is 4.98 Å². The molecule has 118 valence electrons. The first-order valence-electron chi connectivity index (χ1n) is 7.06. The Balaban J connectivity index is 1.54. The Labute approximate surface area is 143 Å². The van der Waals surface area contributed by atoms with E-state index < -0.39 is 5.82 Å². The number of H-pyrrole nitrogens is 1. The molecule has 5 nitrogen and oxygen atoms in total. The summed E-state index contributed by atoms with van der Waals surface area (Å²) in [6, 6.07) is 11.7. The number of amides is 1. The van der Waals surface area contributed by atoms with Crippen molar-refractivity contribution in [2.45, 2.75) is 5.16 Å². The largest absolute Gasteiger partial charge is 0.333 e. The molecular weight excluding hydrogens is 326 g/mol. The van der Waals surface area contributed by atoms with Crippen molar-refractivity contribution in [2.75, 3.05) is 5.75 Å². The number of thioether (sulfide) groups is 1. The molecule has 2 radical (unpaired) electrons. The van der Waals surface area contributed by atoms with Crippen molar-refractivity contribution in [3.05, 3.63) is 53.8 Å². The molecule has 0 saturated carbocycles. The minimum Gasteiger partial charge on any atom is -0.333 e. The molecule has 1 heterocycles. The zero-order valence-electron chi connectivity index (χ0n) is 12.5. The fourth-order valence-electron chi connectivity index (χ4n) is 2.00. The molecule has 2 aromatic carbocycles. The van der Waals surface area contributed by atoms with E-state index >= 15 is 0 Å². The topological polar surface area (TPSA) is 70.1 Å². The molecule has 0 unspecified atom stereocenters. The molecule has 0 spiro atoms. The van der Waals surface area contributed by atoms with Crippen LogP contribution in [0.3, 0.4) is 0 Å². The summed E-state index contributed by atoms with van der Waals surface area (Å²) in [5.41, 5.74) is 4.73. The van der Waals surface area contributed by atoms with E-state index in [4.69, 9.17) is 7.85 Å². The highest BCUT2D eigenvalue weighted by Gasteiger charge is 2.06. The maximum Gasteiger partial charge on any atom is 0.250 e. The van der Waals surface area contributed by atoms with E-state index in [1.807, 2.05) is 24.3 Å². The van der Waals surface area contributed by atoms with Crippen LogP contribution in [0.5, 0.6) is 0 Å². The van der Waals surface area contributed by atoms with Gasteiger partial charge in [0.1, 0.15) is 13.7 Å². The van der Waals surface area contributed by atoms with Gasteiger partial charge in [0.05, 0.1) is 23.0 Å². The summed E-state index contributed by atoms with van der Waals surface area (Å²) >= 11 is 1.26. The third-order valence-electron chi connectivity index (χ3n) is 3.12. The first kappa shape index (κ1) is 16.3. The number of hydrogen-bond donors (Lipinski definition) is 2. The monoisotopic (exact) mass is 338 g/mol. The van der Waals surface area contributed by atoms with Crippen LogP contribution in [0.4, 0.5) is 4.39 Å². The van der Waals surface area contributed by atoms with Gasteiger partial charge in [0.15, 0.2) is 5.16 Å². The first-order valence-corrected chi connectivity index (χ1v) is 8.05. The molecule has 1 amide bonds. The zero-order valence-corrected chi connectivity index (χ0v) is 13.3. The van der Waals surface area contributed by atoms with Gasteiger partial charge in [0.2, 0.25) is 0 Å². The van der Waals surface area contributed by atoms with Crippen LogP contribution in [-0.4, -0.2) is 35.7 Å². The number of halogens is 1. The maximum absolute atomic E-state index is 13.5. The second-order valence-corrected chi connectivity index (χ2v) is 5.89. The number of carbonyl (C=O) groups is 1. The number of aromatic amines is 1. The number of para-hydroxylation sites is 2. The van der Waals surface area contributed by atoms with Crippen molar-refractivity contribution in [1.82, 2.24) is 15.4 Å². The SMILES string of the molecule is [B]c1ccc(F)c(/C=N/NC(=O)CSc2nc3ccccc3[nH]2)c1. The van der Waals surface area contributed by atoms with Gasteiger partial charge in [-0.3, -0.25) is 4.79 Å². The normalized spacial score (nSPS) is 11.2. The minimum absolute atomic E-state index is 0.135. The second kappa shape index (κ2) is 7.31. The molecule has 0 fully saturated rings. The lowest BCUT2D eigenvalue weighted by Gasteiger charge is -2.00.